The summed E-state index contributed by atoms with van der Waals surface area (Å²) in [7, 11) is -2.36. The molecule has 0 unspecified atom stereocenters. The second-order valence-electron chi connectivity index (χ2n) is 5.79. The summed E-state index contributed by atoms with van der Waals surface area (Å²) >= 11 is 3.34. The van der Waals surface area contributed by atoms with Gasteiger partial charge < -0.3 is 10.1 Å². The Kier molecular flexibility index (Phi) is 6.01. The molecule has 0 aromatic heterocycles. The fourth-order valence-electron chi connectivity index (χ4n) is 2.49. The van der Waals surface area contributed by atoms with Crippen molar-refractivity contribution in [3.63, 3.8) is 0 Å². The fraction of sp³-hybridized carbons (Fsp3) is 0.0500. The van der Waals surface area contributed by atoms with E-state index in [0.29, 0.717) is 22.7 Å². The minimum absolute atomic E-state index is 0.0393. The first kappa shape index (κ1) is 19.9. The molecule has 3 aromatic rings. The standard InChI is InChI=1S/C20H17BrN2O4S/c1-27-19-8-3-2-7-18(19)23-28(25,26)17-11-9-14(10-12-17)20(24)22-16-6-4-5-15(21)13-16/h2-13,23H,1H3,(H,22,24). The van der Waals surface area contributed by atoms with Crippen molar-refractivity contribution in [2.45, 2.75) is 4.90 Å². The lowest BCUT2D eigenvalue weighted by molar-refractivity contribution is 0.102. The van der Waals surface area contributed by atoms with Gasteiger partial charge in [-0.3, -0.25) is 9.52 Å². The van der Waals surface area contributed by atoms with Gasteiger partial charge in [0.2, 0.25) is 0 Å². The molecule has 0 fully saturated rings. The fourth-order valence-corrected chi connectivity index (χ4v) is 3.96. The zero-order valence-electron chi connectivity index (χ0n) is 14.8. The summed E-state index contributed by atoms with van der Waals surface area (Å²) in [5.74, 6) is 0.0795. The summed E-state index contributed by atoms with van der Waals surface area (Å²) in [6.45, 7) is 0. The second-order valence-corrected chi connectivity index (χ2v) is 8.39. The molecule has 28 heavy (non-hydrogen) atoms. The van der Waals surface area contributed by atoms with Crippen molar-refractivity contribution < 1.29 is 17.9 Å². The number of ether oxygens (including phenoxy) is 1. The van der Waals surface area contributed by atoms with Gasteiger partial charge in [-0.05, 0) is 54.6 Å². The molecule has 8 heteroatoms. The third-order valence-corrected chi connectivity index (χ3v) is 5.74. The van der Waals surface area contributed by atoms with Gasteiger partial charge in [0.25, 0.3) is 15.9 Å². The number of carbonyl (C=O) groups excluding carboxylic acids is 1. The van der Waals surface area contributed by atoms with E-state index in [1.54, 1.807) is 42.5 Å². The molecule has 3 aromatic carbocycles. The topological polar surface area (TPSA) is 84.5 Å². The highest BCUT2D eigenvalue weighted by atomic mass is 79.9. The number of halogens is 1. The average Bonchev–Trinajstić information content (AvgIpc) is 2.68. The van der Waals surface area contributed by atoms with Gasteiger partial charge in [0.1, 0.15) is 5.75 Å². The predicted octanol–water partition coefficient (Wildman–Crippen LogP) is 4.51. The largest absolute Gasteiger partial charge is 0.495 e. The first-order chi connectivity index (χ1) is 13.4. The van der Waals surface area contributed by atoms with E-state index in [-0.39, 0.29) is 10.8 Å². The number of amides is 1. The maximum atomic E-state index is 12.6. The van der Waals surface area contributed by atoms with Crippen LogP contribution in [0.15, 0.2) is 82.2 Å². The van der Waals surface area contributed by atoms with Crippen LogP contribution in [0.5, 0.6) is 5.75 Å². The van der Waals surface area contributed by atoms with Gasteiger partial charge in [-0.25, -0.2) is 8.42 Å². The van der Waals surface area contributed by atoms with E-state index in [1.807, 2.05) is 6.07 Å². The molecule has 0 aliphatic carbocycles. The summed E-state index contributed by atoms with van der Waals surface area (Å²) in [6.07, 6.45) is 0. The highest BCUT2D eigenvalue weighted by molar-refractivity contribution is 9.10. The van der Waals surface area contributed by atoms with Crippen molar-refractivity contribution in [2.75, 3.05) is 17.1 Å². The summed E-state index contributed by atoms with van der Waals surface area (Å²) < 4.78 is 33.7. The quantitative estimate of drug-likeness (QED) is 0.566. The zero-order valence-corrected chi connectivity index (χ0v) is 17.2. The highest BCUT2D eigenvalue weighted by Gasteiger charge is 2.17. The molecule has 0 radical (unpaired) electrons. The third kappa shape index (κ3) is 4.71. The molecule has 1 amide bonds. The van der Waals surface area contributed by atoms with E-state index < -0.39 is 10.0 Å². The molecule has 0 saturated carbocycles. The number of rotatable bonds is 6. The minimum Gasteiger partial charge on any atom is -0.495 e. The van der Waals surface area contributed by atoms with E-state index >= 15 is 0 Å². The number of benzene rings is 3. The van der Waals surface area contributed by atoms with E-state index in [0.717, 1.165) is 4.47 Å². The molecule has 0 heterocycles. The Balaban J connectivity index is 1.76. The predicted molar refractivity (Wildman–Crippen MR) is 112 cm³/mol. The van der Waals surface area contributed by atoms with Crippen molar-refractivity contribution in [3.8, 4) is 5.75 Å². The lowest BCUT2D eigenvalue weighted by Crippen LogP contribution is -2.15. The van der Waals surface area contributed by atoms with Crippen LogP contribution in [0.4, 0.5) is 11.4 Å². The van der Waals surface area contributed by atoms with Crippen LogP contribution in [0.3, 0.4) is 0 Å². The molecule has 3 rings (SSSR count). The van der Waals surface area contributed by atoms with E-state index in [1.165, 1.54) is 31.4 Å². The number of carbonyl (C=O) groups is 1. The molecule has 0 atom stereocenters. The highest BCUT2D eigenvalue weighted by Crippen LogP contribution is 2.26. The molecule has 0 bridgehead atoms. The maximum absolute atomic E-state index is 12.6. The summed E-state index contributed by atoms with van der Waals surface area (Å²) in [4.78, 5) is 12.4. The van der Waals surface area contributed by atoms with Crippen LogP contribution in [-0.4, -0.2) is 21.4 Å². The van der Waals surface area contributed by atoms with E-state index in [2.05, 4.69) is 26.0 Å². The lowest BCUT2D eigenvalue weighted by atomic mass is 10.2. The number of methoxy groups -OCH3 is 1. The molecule has 0 aliphatic heterocycles. The van der Waals surface area contributed by atoms with Gasteiger partial charge in [-0.15, -0.1) is 0 Å². The summed E-state index contributed by atoms with van der Waals surface area (Å²) in [5, 5.41) is 2.76. The monoisotopic (exact) mass is 460 g/mol. The number of para-hydroxylation sites is 2. The number of anilines is 2. The molecule has 0 spiro atoms. The SMILES string of the molecule is COc1ccccc1NS(=O)(=O)c1ccc(C(=O)Nc2cccc(Br)c2)cc1. The van der Waals surface area contributed by atoms with Gasteiger partial charge in [0.05, 0.1) is 17.7 Å². The Labute approximate surface area is 171 Å². The molecular formula is C20H17BrN2O4S. The lowest BCUT2D eigenvalue weighted by Gasteiger charge is -2.12. The van der Waals surface area contributed by atoms with Gasteiger partial charge in [-0.2, -0.15) is 0 Å². The smallest absolute Gasteiger partial charge is 0.262 e. The van der Waals surface area contributed by atoms with Crippen LogP contribution >= 0.6 is 15.9 Å². The van der Waals surface area contributed by atoms with Crippen molar-refractivity contribution >= 4 is 43.2 Å². The van der Waals surface area contributed by atoms with E-state index in [9.17, 15) is 13.2 Å². The minimum atomic E-state index is -3.82. The normalized spacial score (nSPS) is 10.9. The Hall–Kier alpha value is -2.84. The van der Waals surface area contributed by atoms with Crippen LogP contribution in [0.25, 0.3) is 0 Å². The number of nitrogens with one attached hydrogen (secondary N) is 2. The number of hydrogen-bond donors (Lipinski definition) is 2. The Morgan fingerprint density at radius 2 is 1.68 bits per heavy atom. The molecule has 6 nitrogen and oxygen atoms in total. The van der Waals surface area contributed by atoms with Crippen molar-refractivity contribution in [1.82, 2.24) is 0 Å². The van der Waals surface area contributed by atoms with Gasteiger partial charge in [-0.1, -0.05) is 34.1 Å². The molecule has 2 N–H and O–H groups in total. The van der Waals surface area contributed by atoms with Crippen LogP contribution in [0.1, 0.15) is 10.4 Å². The summed E-state index contributed by atoms with van der Waals surface area (Å²) in [5.41, 5.74) is 1.31. The van der Waals surface area contributed by atoms with Gasteiger partial charge in [0, 0.05) is 15.7 Å². The van der Waals surface area contributed by atoms with Crippen LogP contribution in [-0.2, 0) is 10.0 Å². The molecule has 0 aliphatic rings. The molecular weight excluding hydrogens is 444 g/mol. The number of sulfonamides is 1. The Morgan fingerprint density at radius 3 is 2.36 bits per heavy atom. The first-order valence-corrected chi connectivity index (χ1v) is 10.5. The van der Waals surface area contributed by atoms with Crippen molar-refractivity contribution in [3.05, 3.63) is 82.8 Å². The zero-order chi connectivity index (χ0) is 20.1. The average molecular weight is 461 g/mol. The van der Waals surface area contributed by atoms with Crippen LogP contribution in [0, 0.1) is 0 Å². The molecule has 0 saturated heterocycles. The van der Waals surface area contributed by atoms with Gasteiger partial charge in [0.15, 0.2) is 0 Å². The first-order valence-electron chi connectivity index (χ1n) is 8.22. The van der Waals surface area contributed by atoms with Crippen LogP contribution in [0.2, 0.25) is 0 Å². The van der Waals surface area contributed by atoms with Crippen molar-refractivity contribution in [2.24, 2.45) is 0 Å². The second kappa shape index (κ2) is 8.45. The summed E-state index contributed by atoms with van der Waals surface area (Å²) in [6, 6.07) is 19.6. The van der Waals surface area contributed by atoms with Gasteiger partial charge >= 0.3 is 0 Å². The maximum Gasteiger partial charge on any atom is 0.262 e. The Morgan fingerprint density at radius 1 is 0.964 bits per heavy atom. The third-order valence-electron chi connectivity index (χ3n) is 3.86. The van der Waals surface area contributed by atoms with E-state index in [4.69, 9.17) is 4.74 Å². The number of hydrogen-bond acceptors (Lipinski definition) is 4. The van der Waals surface area contributed by atoms with Crippen molar-refractivity contribution in [1.29, 1.82) is 0 Å². The Bertz CT molecular complexity index is 1100. The molecule has 144 valence electrons. The van der Waals surface area contributed by atoms with Crippen LogP contribution < -0.4 is 14.8 Å².